The van der Waals surface area contributed by atoms with Crippen LogP contribution in [0.3, 0.4) is 0 Å². The smallest absolute Gasteiger partial charge is 0.234 e. The molecule has 0 atom stereocenters. The van der Waals surface area contributed by atoms with E-state index >= 15 is 0 Å². The molecule has 21 heavy (non-hydrogen) atoms. The van der Waals surface area contributed by atoms with Crippen LogP contribution in [-0.4, -0.2) is 11.7 Å². The minimum absolute atomic E-state index is 0.141. The molecule has 0 unspecified atom stereocenters. The van der Waals surface area contributed by atoms with Crippen molar-refractivity contribution < 1.29 is 4.79 Å². The lowest BCUT2D eigenvalue weighted by Crippen LogP contribution is -2.14. The predicted octanol–water partition coefficient (Wildman–Crippen LogP) is 5.80. The van der Waals surface area contributed by atoms with Gasteiger partial charge in [-0.15, -0.1) is 11.8 Å². The first-order valence-corrected chi connectivity index (χ1v) is 8.63. The molecule has 1 N–H and O–H groups in total. The molecular weight excluding hydrogens is 393 g/mol. The predicted molar refractivity (Wildman–Crippen MR) is 94.7 cm³/mol. The Bertz CT molecular complexity index is 661. The second-order valence-corrected chi connectivity index (χ2v) is 7.09. The number of carbonyl (C=O) groups is 1. The maximum Gasteiger partial charge on any atom is 0.234 e. The number of hydrogen-bond donors (Lipinski definition) is 1. The van der Waals surface area contributed by atoms with Crippen molar-refractivity contribution in [2.75, 3.05) is 11.1 Å². The molecule has 0 aliphatic carbocycles. The number of nitrogens with one attached hydrogen (secondary N) is 1. The molecular formula is C15H12BrCl2NOS. The van der Waals surface area contributed by atoms with Gasteiger partial charge in [-0.25, -0.2) is 0 Å². The number of rotatable bonds is 4. The van der Waals surface area contributed by atoms with E-state index in [0.29, 0.717) is 21.5 Å². The molecule has 2 aromatic rings. The van der Waals surface area contributed by atoms with E-state index in [4.69, 9.17) is 23.2 Å². The van der Waals surface area contributed by atoms with Crippen molar-refractivity contribution >= 4 is 62.5 Å². The van der Waals surface area contributed by atoms with Gasteiger partial charge in [0.2, 0.25) is 5.91 Å². The fourth-order valence-corrected chi connectivity index (χ4v) is 3.05. The first-order valence-electron chi connectivity index (χ1n) is 6.10. The van der Waals surface area contributed by atoms with E-state index in [-0.39, 0.29) is 5.91 Å². The zero-order chi connectivity index (χ0) is 15.4. The fourth-order valence-electron chi connectivity index (χ4n) is 1.63. The average molecular weight is 405 g/mol. The van der Waals surface area contributed by atoms with Gasteiger partial charge in [-0.3, -0.25) is 4.79 Å². The number of amides is 1. The van der Waals surface area contributed by atoms with Gasteiger partial charge in [0.25, 0.3) is 0 Å². The summed E-state index contributed by atoms with van der Waals surface area (Å²) < 4.78 is 1.01. The van der Waals surface area contributed by atoms with Crippen LogP contribution in [0.15, 0.2) is 45.8 Å². The van der Waals surface area contributed by atoms with Gasteiger partial charge in [0, 0.05) is 9.37 Å². The van der Waals surface area contributed by atoms with Gasteiger partial charge in [0.1, 0.15) is 0 Å². The lowest BCUT2D eigenvalue weighted by atomic mass is 10.2. The Balaban J connectivity index is 1.99. The van der Waals surface area contributed by atoms with E-state index in [9.17, 15) is 4.79 Å². The van der Waals surface area contributed by atoms with Crippen molar-refractivity contribution in [2.45, 2.75) is 11.8 Å². The highest BCUT2D eigenvalue weighted by atomic mass is 79.9. The van der Waals surface area contributed by atoms with Gasteiger partial charge in [0.15, 0.2) is 0 Å². The Labute approximate surface area is 146 Å². The van der Waals surface area contributed by atoms with Crippen molar-refractivity contribution in [3.8, 4) is 0 Å². The maximum absolute atomic E-state index is 12.0. The van der Waals surface area contributed by atoms with Gasteiger partial charge in [-0.2, -0.15) is 0 Å². The Hall–Kier alpha value is -0.680. The molecule has 1 amide bonds. The van der Waals surface area contributed by atoms with Crippen LogP contribution in [-0.2, 0) is 4.79 Å². The summed E-state index contributed by atoms with van der Waals surface area (Å²) in [6.45, 7) is 1.87. The molecule has 6 heteroatoms. The lowest BCUT2D eigenvalue weighted by Gasteiger charge is -2.11. The Morgan fingerprint density at radius 2 is 1.86 bits per heavy atom. The van der Waals surface area contributed by atoms with Gasteiger partial charge in [0.05, 0.1) is 21.5 Å². The highest BCUT2D eigenvalue weighted by Gasteiger charge is 2.12. The Morgan fingerprint density at radius 3 is 2.52 bits per heavy atom. The molecule has 0 saturated heterocycles. The SMILES string of the molecule is Cc1ccc(Cl)c(NC(=O)CSc2ccc(Br)cc2)c1Cl. The molecule has 2 nitrogen and oxygen atoms in total. The van der Waals surface area contributed by atoms with Gasteiger partial charge in [-0.1, -0.05) is 45.2 Å². The fraction of sp³-hybridized carbons (Fsp3) is 0.133. The highest BCUT2D eigenvalue weighted by Crippen LogP contribution is 2.33. The summed E-state index contributed by atoms with van der Waals surface area (Å²) >= 11 is 17.1. The third kappa shape index (κ3) is 4.65. The summed E-state index contributed by atoms with van der Waals surface area (Å²) in [6.07, 6.45) is 0. The summed E-state index contributed by atoms with van der Waals surface area (Å²) in [5.74, 6) is 0.153. The average Bonchev–Trinajstić information content (AvgIpc) is 2.47. The van der Waals surface area contributed by atoms with E-state index in [1.807, 2.05) is 37.3 Å². The van der Waals surface area contributed by atoms with E-state index < -0.39 is 0 Å². The zero-order valence-electron chi connectivity index (χ0n) is 11.1. The van der Waals surface area contributed by atoms with Crippen LogP contribution >= 0.6 is 50.9 Å². The molecule has 2 aromatic carbocycles. The number of hydrogen-bond acceptors (Lipinski definition) is 2. The van der Waals surface area contributed by atoms with Gasteiger partial charge in [-0.05, 0) is 42.8 Å². The highest BCUT2D eigenvalue weighted by molar-refractivity contribution is 9.10. The largest absolute Gasteiger partial charge is 0.323 e. The molecule has 0 fully saturated rings. The number of aryl methyl sites for hydroxylation is 1. The van der Waals surface area contributed by atoms with Crippen LogP contribution in [0.2, 0.25) is 10.0 Å². The molecule has 110 valence electrons. The minimum Gasteiger partial charge on any atom is -0.323 e. The second kappa shape index (κ2) is 7.54. The van der Waals surface area contributed by atoms with Crippen molar-refractivity contribution in [1.82, 2.24) is 0 Å². The van der Waals surface area contributed by atoms with Crippen LogP contribution in [0, 0.1) is 6.92 Å². The summed E-state index contributed by atoms with van der Waals surface area (Å²) in [4.78, 5) is 13.0. The van der Waals surface area contributed by atoms with Crippen molar-refractivity contribution in [3.05, 3.63) is 56.5 Å². The minimum atomic E-state index is -0.141. The second-order valence-electron chi connectivity index (χ2n) is 4.34. The lowest BCUT2D eigenvalue weighted by molar-refractivity contribution is -0.113. The van der Waals surface area contributed by atoms with E-state index in [2.05, 4.69) is 21.2 Å². The van der Waals surface area contributed by atoms with Crippen molar-refractivity contribution in [2.24, 2.45) is 0 Å². The Morgan fingerprint density at radius 1 is 1.19 bits per heavy atom. The van der Waals surface area contributed by atoms with Crippen molar-refractivity contribution in [1.29, 1.82) is 0 Å². The van der Waals surface area contributed by atoms with Gasteiger partial charge >= 0.3 is 0 Å². The van der Waals surface area contributed by atoms with Gasteiger partial charge < -0.3 is 5.32 Å². The standard InChI is InChI=1S/C15H12BrCl2NOS/c1-9-2-7-12(17)15(14(9)18)19-13(20)8-21-11-5-3-10(16)4-6-11/h2-7H,8H2,1H3,(H,19,20). The molecule has 0 bridgehead atoms. The summed E-state index contributed by atoms with van der Waals surface area (Å²) in [5, 5.41) is 3.68. The van der Waals surface area contributed by atoms with Crippen molar-refractivity contribution in [3.63, 3.8) is 0 Å². The van der Waals surface area contributed by atoms with E-state index in [1.54, 1.807) is 6.07 Å². The van der Waals surface area contributed by atoms with Crippen LogP contribution in [0.5, 0.6) is 0 Å². The molecule has 0 spiro atoms. The van der Waals surface area contributed by atoms with E-state index in [1.165, 1.54) is 11.8 Å². The molecule has 0 radical (unpaired) electrons. The van der Waals surface area contributed by atoms with Crippen LogP contribution in [0.25, 0.3) is 0 Å². The molecule has 0 aliphatic heterocycles. The first kappa shape index (κ1) is 16.7. The monoisotopic (exact) mass is 403 g/mol. The topological polar surface area (TPSA) is 29.1 Å². The molecule has 0 aromatic heterocycles. The first-order chi connectivity index (χ1) is 9.97. The third-order valence-electron chi connectivity index (χ3n) is 2.73. The molecule has 0 aliphatic rings. The molecule has 0 heterocycles. The maximum atomic E-state index is 12.0. The number of thioether (sulfide) groups is 1. The van der Waals surface area contributed by atoms with E-state index in [0.717, 1.165) is 14.9 Å². The number of carbonyl (C=O) groups excluding carboxylic acids is 1. The normalized spacial score (nSPS) is 10.5. The zero-order valence-corrected chi connectivity index (χ0v) is 15.0. The van der Waals surface area contributed by atoms with Crippen LogP contribution in [0.1, 0.15) is 5.56 Å². The summed E-state index contributed by atoms with van der Waals surface area (Å²) in [5.41, 5.74) is 1.34. The summed E-state index contributed by atoms with van der Waals surface area (Å²) in [7, 11) is 0. The van der Waals surface area contributed by atoms with Crippen LogP contribution < -0.4 is 5.32 Å². The van der Waals surface area contributed by atoms with Crippen LogP contribution in [0.4, 0.5) is 5.69 Å². The number of halogens is 3. The number of benzene rings is 2. The number of anilines is 1. The quantitative estimate of drug-likeness (QED) is 0.652. The molecule has 2 rings (SSSR count). The third-order valence-corrected chi connectivity index (χ3v) is 5.07. The Kier molecular flexibility index (Phi) is 5.99. The summed E-state index contributed by atoms with van der Waals surface area (Å²) in [6, 6.07) is 11.3. The molecule has 0 saturated carbocycles.